The molecule has 10 heteroatoms. The van der Waals surface area contributed by atoms with Crippen LogP contribution in [0.4, 0.5) is 5.69 Å². The summed E-state index contributed by atoms with van der Waals surface area (Å²) in [6, 6.07) is 7.08. The van der Waals surface area contributed by atoms with Crippen molar-refractivity contribution >= 4 is 38.4 Å². The third-order valence-electron chi connectivity index (χ3n) is 5.03. The summed E-state index contributed by atoms with van der Waals surface area (Å²) >= 11 is 1.48. The number of aliphatic imine (C=N–C) groups is 1. The average molecular weight is 425 g/mol. The number of hydrogen-bond donors (Lipinski definition) is 2. The van der Waals surface area contributed by atoms with E-state index in [0.29, 0.717) is 12.1 Å². The van der Waals surface area contributed by atoms with E-state index in [9.17, 15) is 13.2 Å². The molecule has 0 bridgehead atoms. The highest BCUT2D eigenvalue weighted by molar-refractivity contribution is 8.15. The van der Waals surface area contributed by atoms with Gasteiger partial charge in [-0.15, -0.1) is 0 Å². The number of nitrogens with zero attached hydrogens (tertiary/aromatic N) is 2. The molecule has 3 aliphatic rings. The van der Waals surface area contributed by atoms with Crippen LogP contribution in [0.15, 0.2) is 29.3 Å². The zero-order chi connectivity index (χ0) is 19.6. The number of thioether (sulfide) groups is 1. The van der Waals surface area contributed by atoms with Crippen molar-refractivity contribution in [1.82, 2.24) is 10.2 Å². The second kappa shape index (κ2) is 8.40. The molecule has 8 nitrogen and oxygen atoms in total. The van der Waals surface area contributed by atoms with Gasteiger partial charge in [0.05, 0.1) is 30.8 Å². The fourth-order valence-electron chi connectivity index (χ4n) is 3.50. The SMILES string of the molecule is O=C(NCCN1CCOCC1)c1ccc(NC2=N[C@H]3CS(=O)(=O)C[C@@H]3S2)cc1. The minimum absolute atomic E-state index is 0.0176. The van der Waals surface area contributed by atoms with Gasteiger partial charge in [0.25, 0.3) is 5.91 Å². The maximum Gasteiger partial charge on any atom is 0.251 e. The molecule has 2 fully saturated rings. The first-order valence-electron chi connectivity index (χ1n) is 9.39. The van der Waals surface area contributed by atoms with Crippen molar-refractivity contribution in [2.24, 2.45) is 4.99 Å². The van der Waals surface area contributed by atoms with Crippen molar-refractivity contribution in [2.75, 3.05) is 56.2 Å². The lowest BCUT2D eigenvalue weighted by atomic mass is 10.2. The van der Waals surface area contributed by atoms with Crippen molar-refractivity contribution in [1.29, 1.82) is 0 Å². The quantitative estimate of drug-likeness (QED) is 0.707. The van der Waals surface area contributed by atoms with Crippen molar-refractivity contribution in [3.63, 3.8) is 0 Å². The summed E-state index contributed by atoms with van der Waals surface area (Å²) in [5.41, 5.74) is 1.44. The Hall–Kier alpha value is -1.62. The van der Waals surface area contributed by atoms with Gasteiger partial charge in [-0.2, -0.15) is 0 Å². The third kappa shape index (κ3) is 4.86. The van der Waals surface area contributed by atoms with E-state index in [0.717, 1.165) is 43.7 Å². The molecule has 0 unspecified atom stereocenters. The zero-order valence-corrected chi connectivity index (χ0v) is 17.1. The molecule has 1 amide bonds. The topological polar surface area (TPSA) is 100 Å². The molecule has 0 radical (unpaired) electrons. The second-order valence-electron chi connectivity index (χ2n) is 7.15. The van der Waals surface area contributed by atoms with Crippen molar-refractivity contribution in [3.05, 3.63) is 29.8 Å². The summed E-state index contributed by atoms with van der Waals surface area (Å²) in [5.74, 6) is 0.243. The summed E-state index contributed by atoms with van der Waals surface area (Å²) < 4.78 is 28.6. The van der Waals surface area contributed by atoms with Crippen LogP contribution in [-0.4, -0.2) is 86.6 Å². The first kappa shape index (κ1) is 19.7. The van der Waals surface area contributed by atoms with Gasteiger partial charge in [0, 0.05) is 42.7 Å². The van der Waals surface area contributed by atoms with E-state index in [1.54, 1.807) is 12.1 Å². The Kier molecular flexibility index (Phi) is 5.91. The largest absolute Gasteiger partial charge is 0.379 e. The lowest BCUT2D eigenvalue weighted by Crippen LogP contribution is -2.41. The second-order valence-corrected chi connectivity index (χ2v) is 10.5. The number of sulfone groups is 1. The molecule has 152 valence electrons. The maximum absolute atomic E-state index is 12.3. The van der Waals surface area contributed by atoms with Crippen LogP contribution in [0.25, 0.3) is 0 Å². The number of carbonyl (C=O) groups is 1. The Morgan fingerprint density at radius 2 is 1.96 bits per heavy atom. The third-order valence-corrected chi connectivity index (χ3v) is 8.18. The Morgan fingerprint density at radius 3 is 2.68 bits per heavy atom. The van der Waals surface area contributed by atoms with Gasteiger partial charge in [0.2, 0.25) is 0 Å². The number of nitrogens with one attached hydrogen (secondary N) is 2. The van der Waals surface area contributed by atoms with Gasteiger partial charge in [-0.05, 0) is 24.3 Å². The number of anilines is 1. The van der Waals surface area contributed by atoms with Crippen LogP contribution in [0, 0.1) is 0 Å². The van der Waals surface area contributed by atoms with Crippen LogP contribution in [0.5, 0.6) is 0 Å². The van der Waals surface area contributed by atoms with Crippen LogP contribution in [0.2, 0.25) is 0 Å². The molecular weight excluding hydrogens is 400 g/mol. The lowest BCUT2D eigenvalue weighted by Gasteiger charge is -2.26. The summed E-state index contributed by atoms with van der Waals surface area (Å²) in [7, 11) is -2.94. The fraction of sp³-hybridized carbons (Fsp3) is 0.556. The number of benzene rings is 1. The van der Waals surface area contributed by atoms with E-state index in [1.807, 2.05) is 12.1 Å². The predicted octanol–water partition coefficient (Wildman–Crippen LogP) is 0.429. The molecule has 3 heterocycles. The van der Waals surface area contributed by atoms with E-state index in [1.165, 1.54) is 11.8 Å². The van der Waals surface area contributed by atoms with Crippen molar-refractivity contribution in [2.45, 2.75) is 11.3 Å². The fourth-order valence-corrected chi connectivity index (χ4v) is 7.17. The molecular formula is C18H24N4O4S2. The molecule has 1 aromatic rings. The Bertz CT molecular complexity index is 851. The zero-order valence-electron chi connectivity index (χ0n) is 15.5. The van der Waals surface area contributed by atoms with Gasteiger partial charge < -0.3 is 15.4 Å². The summed E-state index contributed by atoms with van der Waals surface area (Å²) in [6.07, 6.45) is 0. The number of amides is 1. The highest BCUT2D eigenvalue weighted by atomic mass is 32.2. The number of ether oxygens (including phenoxy) is 1. The van der Waals surface area contributed by atoms with Crippen LogP contribution in [-0.2, 0) is 14.6 Å². The van der Waals surface area contributed by atoms with Gasteiger partial charge in [0.15, 0.2) is 15.0 Å². The number of fused-ring (bicyclic) bond motifs is 1. The number of morpholine rings is 1. The first-order chi connectivity index (χ1) is 13.5. The smallest absolute Gasteiger partial charge is 0.251 e. The molecule has 2 N–H and O–H groups in total. The Morgan fingerprint density at radius 1 is 1.21 bits per heavy atom. The summed E-state index contributed by atoms with van der Waals surface area (Å²) in [4.78, 5) is 19.0. The Labute approximate surface area is 169 Å². The van der Waals surface area contributed by atoms with Crippen LogP contribution < -0.4 is 10.6 Å². The van der Waals surface area contributed by atoms with Crippen LogP contribution in [0.1, 0.15) is 10.4 Å². The van der Waals surface area contributed by atoms with E-state index in [4.69, 9.17) is 4.74 Å². The Balaban J connectivity index is 1.25. The molecule has 0 saturated carbocycles. The van der Waals surface area contributed by atoms with Gasteiger partial charge in [0.1, 0.15) is 0 Å². The first-order valence-corrected chi connectivity index (χ1v) is 12.1. The van der Waals surface area contributed by atoms with Gasteiger partial charge >= 0.3 is 0 Å². The molecule has 0 aliphatic carbocycles. The molecule has 28 heavy (non-hydrogen) atoms. The molecule has 2 saturated heterocycles. The van der Waals surface area contributed by atoms with Crippen molar-refractivity contribution in [3.8, 4) is 0 Å². The summed E-state index contributed by atoms with van der Waals surface area (Å²) in [6.45, 7) is 4.76. The van der Waals surface area contributed by atoms with Crippen molar-refractivity contribution < 1.29 is 17.9 Å². The standard InChI is InChI=1S/C18H24N4O4S2/c23-17(19-5-6-22-7-9-26-10-8-22)13-1-3-14(4-2-13)20-18-21-15-11-28(24,25)12-16(15)27-18/h1-4,15-16H,5-12H2,(H,19,23)(H,20,21)/t15-,16-/m0/s1. The van der Waals surface area contributed by atoms with Crippen LogP contribution in [0.3, 0.4) is 0 Å². The minimum atomic E-state index is -2.94. The van der Waals surface area contributed by atoms with E-state index in [2.05, 4.69) is 20.5 Å². The number of rotatable bonds is 5. The van der Waals surface area contributed by atoms with Gasteiger partial charge in [-0.1, -0.05) is 11.8 Å². The van der Waals surface area contributed by atoms with Crippen LogP contribution >= 0.6 is 11.8 Å². The predicted molar refractivity (Wildman–Crippen MR) is 111 cm³/mol. The highest BCUT2D eigenvalue weighted by Crippen LogP contribution is 2.34. The van der Waals surface area contributed by atoms with Gasteiger partial charge in [-0.25, -0.2) is 8.42 Å². The van der Waals surface area contributed by atoms with Gasteiger partial charge in [-0.3, -0.25) is 14.7 Å². The number of amidine groups is 1. The number of hydrogen-bond acceptors (Lipinski definition) is 8. The molecule has 4 rings (SSSR count). The number of carbonyl (C=O) groups excluding carboxylic acids is 1. The molecule has 2 atom stereocenters. The highest BCUT2D eigenvalue weighted by Gasteiger charge is 2.42. The lowest BCUT2D eigenvalue weighted by molar-refractivity contribution is 0.0383. The average Bonchev–Trinajstić information content (AvgIpc) is 3.15. The monoisotopic (exact) mass is 424 g/mol. The maximum atomic E-state index is 12.3. The van der Waals surface area contributed by atoms with E-state index in [-0.39, 0.29) is 28.7 Å². The summed E-state index contributed by atoms with van der Waals surface area (Å²) in [5, 5.41) is 6.92. The minimum Gasteiger partial charge on any atom is -0.379 e. The molecule has 1 aromatic carbocycles. The molecule has 3 aliphatic heterocycles. The molecule has 0 spiro atoms. The van der Waals surface area contributed by atoms with E-state index >= 15 is 0 Å². The van der Waals surface area contributed by atoms with E-state index < -0.39 is 9.84 Å². The molecule has 0 aromatic heterocycles. The normalized spacial score (nSPS) is 26.5.